The van der Waals surface area contributed by atoms with Crippen molar-refractivity contribution in [3.8, 4) is 0 Å². The molecule has 3 aromatic rings. The van der Waals surface area contributed by atoms with Crippen molar-refractivity contribution in [3.63, 3.8) is 0 Å². The predicted octanol–water partition coefficient (Wildman–Crippen LogP) is 5.56. The molecule has 0 amide bonds. The molecule has 3 rings (SSSR count). The molecule has 0 heterocycles. The van der Waals surface area contributed by atoms with E-state index in [9.17, 15) is 0 Å². The van der Waals surface area contributed by atoms with Gasteiger partial charge in [0.1, 0.15) is 0 Å². The van der Waals surface area contributed by atoms with Gasteiger partial charge in [-0.2, -0.15) is 0 Å². The lowest BCUT2D eigenvalue weighted by molar-refractivity contribution is 0.523. The van der Waals surface area contributed by atoms with Gasteiger partial charge in [0.2, 0.25) is 0 Å². The average Bonchev–Trinajstić information content (AvgIpc) is 2.65. The molecule has 24 heavy (non-hydrogen) atoms. The van der Waals surface area contributed by atoms with E-state index in [2.05, 4.69) is 85.8 Å². The van der Waals surface area contributed by atoms with E-state index in [0.29, 0.717) is 18.4 Å². The van der Waals surface area contributed by atoms with Crippen LogP contribution in [0, 0.1) is 5.92 Å². The van der Waals surface area contributed by atoms with E-state index in [4.69, 9.17) is 5.73 Å². The van der Waals surface area contributed by atoms with Crippen molar-refractivity contribution in [2.45, 2.75) is 22.6 Å². The summed E-state index contributed by atoms with van der Waals surface area (Å²) in [7, 11) is 0. The zero-order valence-electron chi connectivity index (χ0n) is 13.9. The van der Waals surface area contributed by atoms with Crippen LogP contribution in [0.25, 0.3) is 0 Å². The fraction of sp³-hybridized carbons (Fsp3) is 0.182. The molecule has 0 saturated heterocycles. The van der Waals surface area contributed by atoms with Crippen molar-refractivity contribution in [2.24, 2.45) is 11.7 Å². The van der Waals surface area contributed by atoms with E-state index < -0.39 is 0 Å². The van der Waals surface area contributed by atoms with E-state index in [1.807, 2.05) is 6.07 Å². The molecule has 0 spiro atoms. The largest absolute Gasteiger partial charge is 0.330 e. The Hall–Kier alpha value is -2.03. The summed E-state index contributed by atoms with van der Waals surface area (Å²) in [6.45, 7) is 2.91. The second-order valence-corrected chi connectivity index (χ2v) is 7.23. The minimum Gasteiger partial charge on any atom is -0.330 e. The highest BCUT2D eigenvalue weighted by molar-refractivity contribution is 7.99. The number of rotatable bonds is 6. The molecule has 2 atom stereocenters. The summed E-state index contributed by atoms with van der Waals surface area (Å²) >= 11 is 1.79. The molecule has 2 N–H and O–H groups in total. The molecule has 122 valence electrons. The Bertz CT molecular complexity index is 738. The van der Waals surface area contributed by atoms with Gasteiger partial charge in [0, 0.05) is 15.7 Å². The molecule has 2 unspecified atom stereocenters. The number of hydrogen-bond donors (Lipinski definition) is 1. The van der Waals surface area contributed by atoms with Crippen LogP contribution in [0.15, 0.2) is 94.7 Å². The molecule has 1 nitrogen and oxygen atoms in total. The quantitative estimate of drug-likeness (QED) is 0.638. The minimum atomic E-state index is 0.340. The molecule has 2 heteroatoms. The fourth-order valence-electron chi connectivity index (χ4n) is 3.01. The Morgan fingerprint density at radius 1 is 0.708 bits per heavy atom. The van der Waals surface area contributed by atoms with Gasteiger partial charge in [0.05, 0.1) is 0 Å². The summed E-state index contributed by atoms with van der Waals surface area (Å²) in [5.41, 5.74) is 8.64. The molecule has 0 fully saturated rings. The predicted molar refractivity (Wildman–Crippen MR) is 104 cm³/mol. The van der Waals surface area contributed by atoms with Gasteiger partial charge in [-0.25, -0.2) is 0 Å². The standard InChI is InChI=1S/C22H23NS/c1-17(16-23)22(18-8-4-2-5-9-18)19-12-14-21(15-13-19)24-20-10-6-3-7-11-20/h2-15,17,22H,16,23H2,1H3. The SMILES string of the molecule is CC(CN)C(c1ccccc1)c1ccc(Sc2ccccc2)cc1. The lowest BCUT2D eigenvalue weighted by Crippen LogP contribution is -2.20. The summed E-state index contributed by atoms with van der Waals surface area (Å²) in [6, 6.07) is 30.1. The highest BCUT2D eigenvalue weighted by atomic mass is 32.2. The Kier molecular flexibility index (Phi) is 5.73. The molecule has 0 bridgehead atoms. The maximum atomic E-state index is 5.98. The molecule has 0 radical (unpaired) electrons. The summed E-state index contributed by atoms with van der Waals surface area (Å²) in [4.78, 5) is 2.53. The lowest BCUT2D eigenvalue weighted by atomic mass is 9.82. The first kappa shape index (κ1) is 16.8. The van der Waals surface area contributed by atoms with Crippen LogP contribution in [0.3, 0.4) is 0 Å². The molecule has 3 aromatic carbocycles. The first-order chi connectivity index (χ1) is 11.8. The van der Waals surface area contributed by atoms with Crippen LogP contribution in [0.4, 0.5) is 0 Å². The Morgan fingerprint density at radius 3 is 1.79 bits per heavy atom. The maximum Gasteiger partial charge on any atom is 0.0127 e. The molecule has 0 aliphatic heterocycles. The topological polar surface area (TPSA) is 26.0 Å². The van der Waals surface area contributed by atoms with Crippen LogP contribution in [0.1, 0.15) is 24.0 Å². The number of nitrogens with two attached hydrogens (primary N) is 1. The third-order valence-corrected chi connectivity index (χ3v) is 5.33. The van der Waals surface area contributed by atoms with Crippen LogP contribution in [-0.4, -0.2) is 6.54 Å². The van der Waals surface area contributed by atoms with Gasteiger partial charge in [0.25, 0.3) is 0 Å². The normalized spacial score (nSPS) is 13.4. The van der Waals surface area contributed by atoms with Gasteiger partial charge in [-0.1, -0.05) is 79.3 Å². The average molecular weight is 334 g/mol. The van der Waals surface area contributed by atoms with E-state index in [1.165, 1.54) is 20.9 Å². The molecule has 0 saturated carbocycles. The fourth-order valence-corrected chi connectivity index (χ4v) is 3.85. The van der Waals surface area contributed by atoms with Gasteiger partial charge in [-0.05, 0) is 47.9 Å². The van der Waals surface area contributed by atoms with Gasteiger partial charge >= 0.3 is 0 Å². The second kappa shape index (κ2) is 8.18. The van der Waals surface area contributed by atoms with Crippen molar-refractivity contribution in [1.29, 1.82) is 0 Å². The summed E-state index contributed by atoms with van der Waals surface area (Å²) in [5.74, 6) is 0.743. The minimum absolute atomic E-state index is 0.340. The molecular weight excluding hydrogens is 310 g/mol. The van der Waals surface area contributed by atoms with Crippen molar-refractivity contribution in [3.05, 3.63) is 96.1 Å². The third-order valence-electron chi connectivity index (χ3n) is 4.32. The van der Waals surface area contributed by atoms with Crippen LogP contribution in [-0.2, 0) is 0 Å². The highest BCUT2D eigenvalue weighted by Crippen LogP contribution is 2.34. The van der Waals surface area contributed by atoms with Gasteiger partial charge in [-0.15, -0.1) is 0 Å². The van der Waals surface area contributed by atoms with Gasteiger partial charge in [0.15, 0.2) is 0 Å². The summed E-state index contributed by atoms with van der Waals surface area (Å²) in [6.07, 6.45) is 0. The second-order valence-electron chi connectivity index (χ2n) is 6.09. The third kappa shape index (κ3) is 4.08. The smallest absolute Gasteiger partial charge is 0.0127 e. The van der Waals surface area contributed by atoms with Crippen molar-refractivity contribution in [2.75, 3.05) is 6.54 Å². The van der Waals surface area contributed by atoms with Gasteiger partial charge in [-0.3, -0.25) is 0 Å². The van der Waals surface area contributed by atoms with E-state index in [-0.39, 0.29) is 0 Å². The molecule has 0 aromatic heterocycles. The van der Waals surface area contributed by atoms with Crippen molar-refractivity contribution in [1.82, 2.24) is 0 Å². The molecule has 0 aliphatic carbocycles. The summed E-state index contributed by atoms with van der Waals surface area (Å²) in [5, 5.41) is 0. The van der Waals surface area contributed by atoms with E-state index >= 15 is 0 Å². The van der Waals surface area contributed by atoms with E-state index in [0.717, 1.165) is 0 Å². The van der Waals surface area contributed by atoms with Crippen LogP contribution < -0.4 is 5.73 Å². The molecular formula is C22H23NS. The maximum absolute atomic E-state index is 5.98. The van der Waals surface area contributed by atoms with E-state index in [1.54, 1.807) is 11.8 Å². The van der Waals surface area contributed by atoms with Crippen molar-refractivity contribution < 1.29 is 0 Å². The first-order valence-electron chi connectivity index (χ1n) is 8.36. The van der Waals surface area contributed by atoms with Crippen LogP contribution in [0.2, 0.25) is 0 Å². The van der Waals surface area contributed by atoms with Crippen LogP contribution >= 0.6 is 11.8 Å². The van der Waals surface area contributed by atoms with Crippen molar-refractivity contribution >= 4 is 11.8 Å². The Morgan fingerprint density at radius 2 is 1.21 bits per heavy atom. The Balaban J connectivity index is 1.84. The van der Waals surface area contributed by atoms with Crippen LogP contribution in [0.5, 0.6) is 0 Å². The monoisotopic (exact) mass is 333 g/mol. The Labute approximate surface area is 148 Å². The zero-order chi connectivity index (χ0) is 16.8. The molecule has 0 aliphatic rings. The van der Waals surface area contributed by atoms with Gasteiger partial charge < -0.3 is 5.73 Å². The number of hydrogen-bond acceptors (Lipinski definition) is 2. The number of benzene rings is 3. The highest BCUT2D eigenvalue weighted by Gasteiger charge is 2.20. The zero-order valence-corrected chi connectivity index (χ0v) is 14.7. The summed E-state index contributed by atoms with van der Waals surface area (Å²) < 4.78 is 0. The first-order valence-corrected chi connectivity index (χ1v) is 9.17. The lowest BCUT2D eigenvalue weighted by Gasteiger charge is -2.24.